The predicted octanol–water partition coefficient (Wildman–Crippen LogP) is 3.66. The summed E-state index contributed by atoms with van der Waals surface area (Å²) in [5.74, 6) is -1.18. The fourth-order valence-corrected chi connectivity index (χ4v) is 1.96. The molecular weight excluding hydrogens is 325 g/mol. The number of nitrogens with two attached hydrogens (primary N) is 1. The molecule has 3 N–H and O–H groups in total. The lowest BCUT2D eigenvalue weighted by atomic mass is 10.1. The van der Waals surface area contributed by atoms with Gasteiger partial charge in [0.1, 0.15) is 5.60 Å². The maximum Gasteiger partial charge on any atom is 0.418 e. The quantitative estimate of drug-likeness (QED) is 0.644. The molecule has 0 saturated carbocycles. The number of esters is 1. The number of aryl methyl sites for hydroxylation is 1. The number of hydrogen-bond acceptors (Lipinski definition) is 4. The zero-order valence-electron chi connectivity index (χ0n) is 14.0. The summed E-state index contributed by atoms with van der Waals surface area (Å²) in [6.07, 6.45) is -5.02. The molecule has 0 aliphatic rings. The van der Waals surface area contributed by atoms with Crippen LogP contribution in [-0.4, -0.2) is 17.5 Å². The Labute approximate surface area is 138 Å². The zero-order valence-corrected chi connectivity index (χ0v) is 14.0. The molecule has 0 spiro atoms. The van der Waals surface area contributed by atoms with E-state index >= 15 is 0 Å². The van der Waals surface area contributed by atoms with Crippen LogP contribution in [0.2, 0.25) is 0 Å². The van der Waals surface area contributed by atoms with Crippen molar-refractivity contribution >= 4 is 23.3 Å². The van der Waals surface area contributed by atoms with Crippen molar-refractivity contribution in [1.82, 2.24) is 0 Å². The molecule has 1 aromatic carbocycles. The molecule has 0 atom stereocenters. The Morgan fingerprint density at radius 2 is 1.75 bits per heavy atom. The fourth-order valence-electron chi connectivity index (χ4n) is 1.96. The van der Waals surface area contributed by atoms with Crippen molar-refractivity contribution < 1.29 is 27.5 Å². The highest BCUT2D eigenvalue weighted by Gasteiger charge is 2.34. The number of ether oxygens (including phenoxy) is 1. The molecule has 8 heteroatoms. The van der Waals surface area contributed by atoms with Gasteiger partial charge in [-0.2, -0.15) is 13.2 Å². The number of benzene rings is 1. The maximum atomic E-state index is 12.9. The number of carbonyl (C=O) groups excluding carboxylic acids is 2. The number of rotatable bonds is 4. The molecule has 0 heterocycles. The van der Waals surface area contributed by atoms with Gasteiger partial charge in [0.25, 0.3) is 0 Å². The van der Waals surface area contributed by atoms with E-state index in [0.717, 1.165) is 6.07 Å². The van der Waals surface area contributed by atoms with Gasteiger partial charge >= 0.3 is 12.1 Å². The van der Waals surface area contributed by atoms with Crippen LogP contribution in [-0.2, 0) is 20.5 Å². The molecule has 0 bridgehead atoms. The Morgan fingerprint density at radius 3 is 2.25 bits per heavy atom. The zero-order chi connectivity index (χ0) is 18.7. The van der Waals surface area contributed by atoms with Crippen molar-refractivity contribution in [1.29, 1.82) is 0 Å². The molecule has 1 amide bonds. The second-order valence-electron chi connectivity index (χ2n) is 6.41. The minimum atomic E-state index is -4.62. The first-order valence-corrected chi connectivity index (χ1v) is 7.28. The van der Waals surface area contributed by atoms with E-state index in [4.69, 9.17) is 10.5 Å². The van der Waals surface area contributed by atoms with Crippen LogP contribution in [0.5, 0.6) is 0 Å². The Morgan fingerprint density at radius 1 is 1.17 bits per heavy atom. The van der Waals surface area contributed by atoms with Crippen LogP contribution in [0.1, 0.15) is 44.7 Å². The molecule has 0 aliphatic carbocycles. The van der Waals surface area contributed by atoms with Crippen LogP contribution in [0.4, 0.5) is 24.5 Å². The Bertz CT molecular complexity index is 635. The number of anilines is 2. The third kappa shape index (κ3) is 6.10. The summed E-state index contributed by atoms with van der Waals surface area (Å²) in [4.78, 5) is 23.4. The third-order valence-corrected chi connectivity index (χ3v) is 2.88. The standard InChI is InChI=1S/C16H21F3N2O3/c1-9-7-10(16(17,18)19)14(20)11(8-9)21-12(22)5-6-13(23)24-15(2,3)4/h7-8H,5-6,20H2,1-4H3,(H,21,22). The number of amides is 1. The molecule has 0 radical (unpaired) electrons. The van der Waals surface area contributed by atoms with Gasteiger partial charge in [-0.3, -0.25) is 9.59 Å². The summed E-state index contributed by atoms with van der Waals surface area (Å²) in [5.41, 5.74) is 3.44. The summed E-state index contributed by atoms with van der Waals surface area (Å²) in [6, 6.07) is 2.25. The van der Waals surface area contributed by atoms with Crippen LogP contribution in [0.3, 0.4) is 0 Å². The number of hydrogen-bond donors (Lipinski definition) is 2. The van der Waals surface area contributed by atoms with Gasteiger partial charge in [0.2, 0.25) is 5.91 Å². The number of nitrogen functional groups attached to an aromatic ring is 1. The van der Waals surface area contributed by atoms with Gasteiger partial charge in [0.05, 0.1) is 23.4 Å². The van der Waals surface area contributed by atoms with Crippen LogP contribution in [0, 0.1) is 6.92 Å². The summed E-state index contributed by atoms with van der Waals surface area (Å²) < 4.78 is 43.8. The van der Waals surface area contributed by atoms with Gasteiger partial charge in [-0.25, -0.2) is 0 Å². The predicted molar refractivity (Wildman–Crippen MR) is 84.3 cm³/mol. The number of carbonyl (C=O) groups is 2. The minimum Gasteiger partial charge on any atom is -0.460 e. The Balaban J connectivity index is 2.78. The summed E-state index contributed by atoms with van der Waals surface area (Å²) in [6.45, 7) is 6.54. The number of alkyl halides is 3. The lowest BCUT2D eigenvalue weighted by molar-refractivity contribution is -0.155. The lowest BCUT2D eigenvalue weighted by Gasteiger charge is -2.19. The van der Waals surface area contributed by atoms with Gasteiger partial charge in [-0.15, -0.1) is 0 Å². The van der Waals surface area contributed by atoms with Crippen LogP contribution in [0.15, 0.2) is 12.1 Å². The van der Waals surface area contributed by atoms with Crippen molar-refractivity contribution in [3.05, 3.63) is 23.3 Å². The van der Waals surface area contributed by atoms with E-state index in [-0.39, 0.29) is 18.5 Å². The highest BCUT2D eigenvalue weighted by molar-refractivity contribution is 5.96. The van der Waals surface area contributed by atoms with Crippen molar-refractivity contribution in [2.24, 2.45) is 0 Å². The van der Waals surface area contributed by atoms with E-state index in [0.29, 0.717) is 5.56 Å². The van der Waals surface area contributed by atoms with Gasteiger partial charge in [-0.1, -0.05) is 0 Å². The first kappa shape index (κ1) is 19.8. The molecule has 0 saturated heterocycles. The van der Waals surface area contributed by atoms with E-state index in [1.807, 2.05) is 0 Å². The number of nitrogens with one attached hydrogen (secondary N) is 1. The Kier molecular flexibility index (Phi) is 5.86. The minimum absolute atomic E-state index is 0.128. The molecule has 0 fully saturated rings. The van der Waals surface area contributed by atoms with E-state index in [1.165, 1.54) is 13.0 Å². The van der Waals surface area contributed by atoms with Crippen molar-refractivity contribution in [3.8, 4) is 0 Å². The van der Waals surface area contributed by atoms with Gasteiger partial charge < -0.3 is 15.8 Å². The van der Waals surface area contributed by atoms with E-state index < -0.39 is 34.9 Å². The average Bonchev–Trinajstić information content (AvgIpc) is 2.37. The van der Waals surface area contributed by atoms with Gasteiger partial charge in [0.15, 0.2) is 0 Å². The molecule has 0 unspecified atom stereocenters. The molecule has 0 aliphatic heterocycles. The maximum absolute atomic E-state index is 12.9. The molecule has 5 nitrogen and oxygen atoms in total. The molecule has 134 valence electrons. The highest BCUT2D eigenvalue weighted by Crippen LogP contribution is 2.38. The highest BCUT2D eigenvalue weighted by atomic mass is 19.4. The monoisotopic (exact) mass is 346 g/mol. The van der Waals surface area contributed by atoms with Crippen molar-refractivity contribution in [3.63, 3.8) is 0 Å². The van der Waals surface area contributed by atoms with Gasteiger partial charge in [0, 0.05) is 6.42 Å². The largest absolute Gasteiger partial charge is 0.460 e. The lowest BCUT2D eigenvalue weighted by Crippen LogP contribution is -2.25. The molecule has 24 heavy (non-hydrogen) atoms. The summed E-state index contributed by atoms with van der Waals surface area (Å²) in [5, 5.41) is 2.31. The van der Waals surface area contributed by atoms with E-state index in [2.05, 4.69) is 5.32 Å². The Hall–Kier alpha value is -2.25. The second kappa shape index (κ2) is 7.11. The summed E-state index contributed by atoms with van der Waals surface area (Å²) >= 11 is 0. The molecule has 1 aromatic rings. The SMILES string of the molecule is Cc1cc(NC(=O)CCC(=O)OC(C)(C)C)c(N)c(C(F)(F)F)c1. The molecule has 1 rings (SSSR count). The van der Waals surface area contributed by atoms with Crippen molar-refractivity contribution in [2.75, 3.05) is 11.1 Å². The molecular formula is C16H21F3N2O3. The van der Waals surface area contributed by atoms with Crippen LogP contribution >= 0.6 is 0 Å². The normalized spacial score (nSPS) is 12.0. The fraction of sp³-hybridized carbons (Fsp3) is 0.500. The molecule has 0 aromatic heterocycles. The first-order valence-electron chi connectivity index (χ1n) is 7.28. The average molecular weight is 346 g/mol. The van der Waals surface area contributed by atoms with Gasteiger partial charge in [-0.05, 0) is 45.4 Å². The van der Waals surface area contributed by atoms with E-state index in [1.54, 1.807) is 20.8 Å². The van der Waals surface area contributed by atoms with E-state index in [9.17, 15) is 22.8 Å². The second-order valence-corrected chi connectivity index (χ2v) is 6.41. The smallest absolute Gasteiger partial charge is 0.418 e. The van der Waals surface area contributed by atoms with Crippen LogP contribution < -0.4 is 11.1 Å². The summed E-state index contributed by atoms with van der Waals surface area (Å²) in [7, 11) is 0. The van der Waals surface area contributed by atoms with Crippen LogP contribution in [0.25, 0.3) is 0 Å². The number of halogens is 3. The van der Waals surface area contributed by atoms with Crippen molar-refractivity contribution in [2.45, 2.75) is 52.3 Å². The topological polar surface area (TPSA) is 81.4 Å². The first-order chi connectivity index (χ1) is 10.8. The third-order valence-electron chi connectivity index (χ3n) is 2.88.